The smallest absolute Gasteiger partial charge is 0.339 e. The number of rotatable bonds is 5. The highest BCUT2D eigenvalue weighted by molar-refractivity contribution is 7.15. The quantitative estimate of drug-likeness (QED) is 0.520. The Labute approximate surface area is 174 Å². The first-order valence-corrected chi connectivity index (χ1v) is 11.0. The molecular weight excluding hydrogens is 382 g/mol. The van der Waals surface area contributed by atoms with Crippen molar-refractivity contribution in [3.63, 3.8) is 0 Å². The summed E-state index contributed by atoms with van der Waals surface area (Å²) in [7, 11) is 0. The van der Waals surface area contributed by atoms with Gasteiger partial charge in [-0.2, -0.15) is 0 Å². The number of phenols is 1. The number of hydrogen-bond donors (Lipinski definition) is 2. The van der Waals surface area contributed by atoms with Crippen LogP contribution in [-0.4, -0.2) is 21.2 Å². The minimum absolute atomic E-state index is 0.0874. The van der Waals surface area contributed by atoms with Crippen LogP contribution >= 0.6 is 11.3 Å². The molecule has 0 aliphatic heterocycles. The van der Waals surface area contributed by atoms with E-state index >= 15 is 0 Å². The number of hydrogen-bond acceptors (Lipinski definition) is 4. The van der Waals surface area contributed by atoms with Gasteiger partial charge in [-0.05, 0) is 47.7 Å². The summed E-state index contributed by atoms with van der Waals surface area (Å²) in [6.07, 6.45) is 7.78. The summed E-state index contributed by atoms with van der Waals surface area (Å²) >= 11 is 1.78. The van der Waals surface area contributed by atoms with Crippen LogP contribution in [0.1, 0.15) is 53.2 Å². The largest absolute Gasteiger partial charge is 0.507 e. The molecule has 0 radical (unpaired) electrons. The topological polar surface area (TPSA) is 70.4 Å². The van der Waals surface area contributed by atoms with Gasteiger partial charge in [-0.1, -0.05) is 56.4 Å². The standard InChI is InChI=1S/C24H25NO3S/c1-15-23(29-22(25-15)12-16-6-3-2-4-7-16)19-9-5-8-17(13-19)18-10-11-20(24(27)28)21(26)14-18/h5,8-11,13-14,16,26H,2-4,6-7,12H2,1H3,(H,27,28). The number of nitrogens with zero attached hydrogens (tertiary/aromatic N) is 1. The first-order chi connectivity index (χ1) is 14.0. The molecule has 0 spiro atoms. The summed E-state index contributed by atoms with van der Waals surface area (Å²) in [6.45, 7) is 2.07. The number of aromatic hydroxyl groups is 1. The Bertz CT molecular complexity index is 1030. The van der Waals surface area contributed by atoms with E-state index in [1.165, 1.54) is 54.1 Å². The molecule has 0 amide bonds. The van der Waals surface area contributed by atoms with Gasteiger partial charge in [-0.15, -0.1) is 11.3 Å². The van der Waals surface area contributed by atoms with E-state index < -0.39 is 5.97 Å². The third-order valence-electron chi connectivity index (χ3n) is 5.72. The van der Waals surface area contributed by atoms with Gasteiger partial charge in [0, 0.05) is 6.42 Å². The molecule has 150 valence electrons. The second-order valence-corrected chi connectivity index (χ2v) is 8.93. The van der Waals surface area contributed by atoms with E-state index in [-0.39, 0.29) is 11.3 Å². The third kappa shape index (κ3) is 4.35. The second kappa shape index (κ2) is 8.37. The fourth-order valence-electron chi connectivity index (χ4n) is 4.18. The molecule has 1 saturated carbocycles. The van der Waals surface area contributed by atoms with Crippen LogP contribution in [-0.2, 0) is 6.42 Å². The molecule has 4 rings (SSSR count). The van der Waals surface area contributed by atoms with Crippen molar-refractivity contribution in [1.29, 1.82) is 0 Å². The third-order valence-corrected chi connectivity index (χ3v) is 6.94. The Morgan fingerprint density at radius 1 is 1.07 bits per heavy atom. The number of carbonyl (C=O) groups is 1. The lowest BCUT2D eigenvalue weighted by atomic mass is 9.87. The Kier molecular flexibility index (Phi) is 5.67. The molecule has 29 heavy (non-hydrogen) atoms. The minimum Gasteiger partial charge on any atom is -0.507 e. The number of aryl methyl sites for hydroxylation is 1. The number of aromatic nitrogens is 1. The maximum Gasteiger partial charge on any atom is 0.339 e. The summed E-state index contributed by atoms with van der Waals surface area (Å²) in [6, 6.07) is 12.8. The molecule has 5 heteroatoms. The van der Waals surface area contributed by atoms with Crippen LogP contribution in [0.15, 0.2) is 42.5 Å². The summed E-state index contributed by atoms with van der Waals surface area (Å²) in [5, 5.41) is 20.3. The van der Waals surface area contributed by atoms with Crippen molar-refractivity contribution in [2.24, 2.45) is 5.92 Å². The average molecular weight is 408 g/mol. The van der Waals surface area contributed by atoms with Gasteiger partial charge in [-0.25, -0.2) is 9.78 Å². The number of aromatic carboxylic acids is 1. The molecule has 1 aromatic heterocycles. The molecule has 2 aromatic carbocycles. The lowest BCUT2D eigenvalue weighted by Crippen LogP contribution is -2.08. The van der Waals surface area contributed by atoms with Crippen LogP contribution in [0.25, 0.3) is 21.6 Å². The van der Waals surface area contributed by atoms with E-state index in [1.54, 1.807) is 17.4 Å². The summed E-state index contributed by atoms with van der Waals surface area (Å²) in [5.74, 6) is -0.582. The summed E-state index contributed by atoms with van der Waals surface area (Å²) in [4.78, 5) is 17.2. The van der Waals surface area contributed by atoms with E-state index in [0.29, 0.717) is 0 Å². The number of benzene rings is 2. The maximum atomic E-state index is 11.1. The molecule has 2 N–H and O–H groups in total. The first kappa shape index (κ1) is 19.6. The van der Waals surface area contributed by atoms with Crippen LogP contribution in [0.2, 0.25) is 0 Å². The SMILES string of the molecule is Cc1nc(CC2CCCCC2)sc1-c1cccc(-c2ccc(C(=O)O)c(O)c2)c1. The van der Waals surface area contributed by atoms with Gasteiger partial charge in [0.1, 0.15) is 11.3 Å². The molecule has 4 nitrogen and oxygen atoms in total. The van der Waals surface area contributed by atoms with Gasteiger partial charge in [0.05, 0.1) is 15.6 Å². The Balaban J connectivity index is 1.60. The van der Waals surface area contributed by atoms with Crippen LogP contribution in [0.4, 0.5) is 0 Å². The highest BCUT2D eigenvalue weighted by atomic mass is 32.1. The van der Waals surface area contributed by atoms with Gasteiger partial charge in [-0.3, -0.25) is 0 Å². The monoisotopic (exact) mass is 407 g/mol. The molecule has 1 heterocycles. The van der Waals surface area contributed by atoms with Gasteiger partial charge in [0.25, 0.3) is 0 Å². The van der Waals surface area contributed by atoms with Gasteiger partial charge >= 0.3 is 5.97 Å². The molecule has 0 atom stereocenters. The van der Waals surface area contributed by atoms with E-state index in [1.807, 2.05) is 12.1 Å². The molecular formula is C24H25NO3S. The fraction of sp³-hybridized carbons (Fsp3) is 0.333. The van der Waals surface area contributed by atoms with Crippen molar-refractivity contribution in [3.05, 3.63) is 58.7 Å². The number of thiazole rings is 1. The molecule has 1 aliphatic rings. The van der Waals surface area contributed by atoms with Crippen molar-refractivity contribution in [3.8, 4) is 27.3 Å². The molecule has 0 bridgehead atoms. The predicted molar refractivity (Wildman–Crippen MR) is 117 cm³/mol. The van der Waals surface area contributed by atoms with E-state index in [4.69, 9.17) is 10.1 Å². The highest BCUT2D eigenvalue weighted by Gasteiger charge is 2.18. The predicted octanol–water partition coefficient (Wildman–Crippen LogP) is 6.31. The molecule has 0 saturated heterocycles. The Morgan fingerprint density at radius 2 is 1.79 bits per heavy atom. The average Bonchev–Trinajstić information content (AvgIpc) is 3.08. The van der Waals surface area contributed by atoms with Crippen molar-refractivity contribution in [2.75, 3.05) is 0 Å². The van der Waals surface area contributed by atoms with Crippen molar-refractivity contribution in [1.82, 2.24) is 4.98 Å². The van der Waals surface area contributed by atoms with Crippen LogP contribution in [0.3, 0.4) is 0 Å². The highest BCUT2D eigenvalue weighted by Crippen LogP contribution is 2.36. The zero-order valence-electron chi connectivity index (χ0n) is 16.5. The zero-order valence-corrected chi connectivity index (χ0v) is 17.3. The first-order valence-electron chi connectivity index (χ1n) is 10.1. The summed E-state index contributed by atoms with van der Waals surface area (Å²) < 4.78 is 0. The Hall–Kier alpha value is -2.66. The Morgan fingerprint density at radius 3 is 2.52 bits per heavy atom. The number of carboxylic acid groups (broad SMARTS) is 1. The summed E-state index contributed by atoms with van der Waals surface area (Å²) in [5.41, 5.74) is 3.81. The fourth-order valence-corrected chi connectivity index (χ4v) is 5.35. The zero-order chi connectivity index (χ0) is 20.4. The molecule has 1 aliphatic carbocycles. The molecule has 1 fully saturated rings. The maximum absolute atomic E-state index is 11.1. The van der Waals surface area contributed by atoms with Gasteiger partial charge < -0.3 is 10.2 Å². The number of carboxylic acids is 1. The van der Waals surface area contributed by atoms with Crippen molar-refractivity contribution in [2.45, 2.75) is 45.4 Å². The lowest BCUT2D eigenvalue weighted by Gasteiger charge is -2.20. The van der Waals surface area contributed by atoms with E-state index in [2.05, 4.69) is 19.1 Å². The molecule has 3 aromatic rings. The van der Waals surface area contributed by atoms with Crippen LogP contribution < -0.4 is 0 Å². The van der Waals surface area contributed by atoms with E-state index in [0.717, 1.165) is 34.7 Å². The normalized spacial score (nSPS) is 14.8. The van der Waals surface area contributed by atoms with Crippen molar-refractivity contribution >= 4 is 17.3 Å². The van der Waals surface area contributed by atoms with Crippen LogP contribution in [0, 0.1) is 12.8 Å². The molecule has 0 unspecified atom stereocenters. The van der Waals surface area contributed by atoms with Gasteiger partial charge in [0.15, 0.2) is 0 Å². The van der Waals surface area contributed by atoms with Gasteiger partial charge in [0.2, 0.25) is 0 Å². The van der Waals surface area contributed by atoms with Crippen molar-refractivity contribution < 1.29 is 15.0 Å². The lowest BCUT2D eigenvalue weighted by molar-refractivity contribution is 0.0694. The second-order valence-electron chi connectivity index (χ2n) is 7.85. The van der Waals surface area contributed by atoms with E-state index in [9.17, 15) is 9.90 Å². The minimum atomic E-state index is -1.13. The van der Waals surface area contributed by atoms with Crippen LogP contribution in [0.5, 0.6) is 5.75 Å².